The first kappa shape index (κ1) is 17.5. The van der Waals surface area contributed by atoms with Crippen LogP contribution in [0.4, 0.5) is 5.69 Å². The van der Waals surface area contributed by atoms with Crippen LogP contribution in [0.25, 0.3) is 0 Å². The quantitative estimate of drug-likeness (QED) is 0.786. The summed E-state index contributed by atoms with van der Waals surface area (Å²) in [7, 11) is 1.38. The van der Waals surface area contributed by atoms with Crippen molar-refractivity contribution in [3.8, 4) is 0 Å². The van der Waals surface area contributed by atoms with Crippen LogP contribution >= 0.6 is 0 Å². The summed E-state index contributed by atoms with van der Waals surface area (Å²) in [5.41, 5.74) is 1.93. The standard InChI is InChI=1S/C19H24N2O4/c1-13(22)20-9-7-14(8-10-20)19(24)21-12-15(11-18(23)25-2)16-5-3-4-6-17(16)21/h3-6,14-15H,7-12H2,1-2H3. The van der Waals surface area contributed by atoms with Crippen LogP contribution in [0.3, 0.4) is 0 Å². The van der Waals surface area contributed by atoms with Crippen LogP contribution in [-0.2, 0) is 19.1 Å². The maximum atomic E-state index is 13.0. The summed E-state index contributed by atoms with van der Waals surface area (Å²) in [5, 5.41) is 0. The van der Waals surface area contributed by atoms with E-state index in [0.717, 1.165) is 11.3 Å². The summed E-state index contributed by atoms with van der Waals surface area (Å²) in [6.45, 7) is 3.34. The highest BCUT2D eigenvalue weighted by atomic mass is 16.5. The lowest BCUT2D eigenvalue weighted by molar-refractivity contribution is -0.141. The van der Waals surface area contributed by atoms with Crippen LogP contribution in [0, 0.1) is 5.92 Å². The molecule has 1 saturated heterocycles. The zero-order chi connectivity index (χ0) is 18.0. The van der Waals surface area contributed by atoms with Gasteiger partial charge in [0.05, 0.1) is 13.5 Å². The minimum Gasteiger partial charge on any atom is -0.469 e. The second-order valence-corrected chi connectivity index (χ2v) is 6.77. The lowest BCUT2D eigenvalue weighted by Gasteiger charge is -2.32. The van der Waals surface area contributed by atoms with Crippen LogP contribution in [0.15, 0.2) is 24.3 Å². The third-order valence-corrected chi connectivity index (χ3v) is 5.27. The normalized spacial score (nSPS) is 20.3. The molecule has 1 unspecified atom stereocenters. The third kappa shape index (κ3) is 3.52. The van der Waals surface area contributed by atoms with E-state index in [-0.39, 0.29) is 36.0 Å². The van der Waals surface area contributed by atoms with E-state index >= 15 is 0 Å². The summed E-state index contributed by atoms with van der Waals surface area (Å²) in [6.07, 6.45) is 1.66. The first-order valence-corrected chi connectivity index (χ1v) is 8.74. The fourth-order valence-corrected chi connectivity index (χ4v) is 3.83. The lowest BCUT2D eigenvalue weighted by atomic mass is 9.95. The monoisotopic (exact) mass is 344 g/mol. The number of fused-ring (bicyclic) bond motifs is 1. The summed E-state index contributed by atoms with van der Waals surface area (Å²) in [5.74, 6) is -0.187. The van der Waals surface area contributed by atoms with Crippen LogP contribution in [0.2, 0.25) is 0 Å². The van der Waals surface area contributed by atoms with E-state index in [1.807, 2.05) is 29.2 Å². The zero-order valence-corrected chi connectivity index (χ0v) is 14.7. The molecule has 2 amide bonds. The molecule has 1 atom stereocenters. The van der Waals surface area contributed by atoms with E-state index < -0.39 is 0 Å². The molecule has 2 aliphatic rings. The second kappa shape index (κ2) is 7.25. The van der Waals surface area contributed by atoms with Crippen molar-refractivity contribution in [2.45, 2.75) is 32.1 Å². The van der Waals surface area contributed by atoms with Crippen molar-refractivity contribution in [1.82, 2.24) is 4.90 Å². The average Bonchev–Trinajstić information content (AvgIpc) is 2.99. The Morgan fingerprint density at radius 1 is 1.16 bits per heavy atom. The van der Waals surface area contributed by atoms with Gasteiger partial charge in [0, 0.05) is 44.1 Å². The van der Waals surface area contributed by atoms with Crippen molar-refractivity contribution in [3.05, 3.63) is 29.8 Å². The number of amides is 2. The molecule has 6 heteroatoms. The van der Waals surface area contributed by atoms with Crippen LogP contribution in [-0.4, -0.2) is 49.4 Å². The Labute approximate surface area is 147 Å². The number of benzene rings is 1. The Kier molecular flexibility index (Phi) is 5.06. The number of para-hydroxylation sites is 1. The molecule has 6 nitrogen and oxygen atoms in total. The van der Waals surface area contributed by atoms with Gasteiger partial charge in [0.2, 0.25) is 11.8 Å². The zero-order valence-electron chi connectivity index (χ0n) is 14.7. The number of hydrogen-bond acceptors (Lipinski definition) is 4. The Morgan fingerprint density at radius 3 is 2.48 bits per heavy atom. The van der Waals surface area contributed by atoms with Gasteiger partial charge < -0.3 is 14.5 Å². The maximum absolute atomic E-state index is 13.0. The van der Waals surface area contributed by atoms with Gasteiger partial charge in [-0.3, -0.25) is 14.4 Å². The number of piperidine rings is 1. The van der Waals surface area contributed by atoms with Crippen molar-refractivity contribution >= 4 is 23.5 Å². The Bertz CT molecular complexity index is 680. The second-order valence-electron chi connectivity index (χ2n) is 6.77. The van der Waals surface area contributed by atoms with E-state index in [1.165, 1.54) is 7.11 Å². The predicted molar refractivity (Wildman–Crippen MR) is 93.1 cm³/mol. The van der Waals surface area contributed by atoms with Crippen LogP contribution in [0.1, 0.15) is 37.7 Å². The van der Waals surface area contributed by atoms with E-state index in [4.69, 9.17) is 4.74 Å². The molecule has 0 aliphatic carbocycles. The molecule has 0 N–H and O–H groups in total. The molecule has 1 aromatic rings. The molecule has 134 valence electrons. The molecule has 0 aromatic heterocycles. The molecule has 2 heterocycles. The molecule has 1 aromatic carbocycles. The van der Waals surface area contributed by atoms with Gasteiger partial charge in [0.25, 0.3) is 0 Å². The van der Waals surface area contributed by atoms with Gasteiger partial charge in [-0.2, -0.15) is 0 Å². The maximum Gasteiger partial charge on any atom is 0.306 e. The van der Waals surface area contributed by atoms with Gasteiger partial charge in [-0.15, -0.1) is 0 Å². The van der Waals surface area contributed by atoms with Crippen molar-refractivity contribution < 1.29 is 19.1 Å². The number of carbonyl (C=O) groups excluding carboxylic acids is 3. The Balaban J connectivity index is 1.73. The number of rotatable bonds is 3. The highest BCUT2D eigenvalue weighted by Crippen LogP contribution is 2.39. The largest absolute Gasteiger partial charge is 0.469 e. The van der Waals surface area contributed by atoms with Crippen molar-refractivity contribution in [3.63, 3.8) is 0 Å². The summed E-state index contributed by atoms with van der Waals surface area (Å²) in [6, 6.07) is 7.77. The van der Waals surface area contributed by atoms with Gasteiger partial charge in [-0.05, 0) is 24.5 Å². The predicted octanol–water partition coefficient (Wildman–Crippen LogP) is 1.94. The smallest absolute Gasteiger partial charge is 0.306 e. The fourth-order valence-electron chi connectivity index (χ4n) is 3.83. The van der Waals surface area contributed by atoms with E-state index in [0.29, 0.717) is 32.5 Å². The SMILES string of the molecule is COC(=O)CC1CN(C(=O)C2CCN(C(C)=O)CC2)c2ccccc21. The number of carbonyl (C=O) groups is 3. The molecule has 2 aliphatic heterocycles. The molecule has 0 radical (unpaired) electrons. The van der Waals surface area contributed by atoms with Gasteiger partial charge in [0.1, 0.15) is 0 Å². The van der Waals surface area contributed by atoms with Crippen molar-refractivity contribution in [2.75, 3.05) is 31.6 Å². The van der Waals surface area contributed by atoms with Crippen molar-refractivity contribution in [1.29, 1.82) is 0 Å². The molecule has 1 fully saturated rings. The van der Waals surface area contributed by atoms with Gasteiger partial charge in [-0.1, -0.05) is 18.2 Å². The van der Waals surface area contributed by atoms with Crippen molar-refractivity contribution in [2.24, 2.45) is 5.92 Å². The van der Waals surface area contributed by atoms with Gasteiger partial charge in [-0.25, -0.2) is 0 Å². The first-order chi connectivity index (χ1) is 12.0. The third-order valence-electron chi connectivity index (χ3n) is 5.27. The molecular weight excluding hydrogens is 320 g/mol. The van der Waals surface area contributed by atoms with Crippen LogP contribution in [0.5, 0.6) is 0 Å². The van der Waals surface area contributed by atoms with Gasteiger partial charge in [0.15, 0.2) is 0 Å². The van der Waals surface area contributed by atoms with E-state index in [2.05, 4.69) is 0 Å². The summed E-state index contributed by atoms with van der Waals surface area (Å²) >= 11 is 0. The molecule has 0 bridgehead atoms. The van der Waals surface area contributed by atoms with E-state index in [1.54, 1.807) is 11.8 Å². The molecular formula is C19H24N2O4. The summed E-state index contributed by atoms with van der Waals surface area (Å²) in [4.78, 5) is 39.8. The Morgan fingerprint density at radius 2 is 1.84 bits per heavy atom. The fraction of sp³-hybridized carbons (Fsp3) is 0.526. The number of anilines is 1. The number of ether oxygens (including phenoxy) is 1. The number of hydrogen-bond donors (Lipinski definition) is 0. The van der Waals surface area contributed by atoms with Gasteiger partial charge >= 0.3 is 5.97 Å². The lowest BCUT2D eigenvalue weighted by Crippen LogP contribution is -2.43. The minimum atomic E-state index is -0.260. The average molecular weight is 344 g/mol. The number of methoxy groups -OCH3 is 1. The first-order valence-electron chi connectivity index (χ1n) is 8.74. The molecule has 3 rings (SSSR count). The number of likely N-dealkylation sites (tertiary alicyclic amines) is 1. The molecule has 0 saturated carbocycles. The highest BCUT2D eigenvalue weighted by Gasteiger charge is 2.37. The van der Waals surface area contributed by atoms with Crippen LogP contribution < -0.4 is 4.90 Å². The summed E-state index contributed by atoms with van der Waals surface area (Å²) < 4.78 is 4.79. The molecule has 25 heavy (non-hydrogen) atoms. The number of esters is 1. The highest BCUT2D eigenvalue weighted by molar-refractivity contribution is 5.97. The number of nitrogens with zero attached hydrogens (tertiary/aromatic N) is 2. The van der Waals surface area contributed by atoms with E-state index in [9.17, 15) is 14.4 Å². The topological polar surface area (TPSA) is 66.9 Å². The minimum absolute atomic E-state index is 0.0232. The molecule has 0 spiro atoms. The Hall–Kier alpha value is -2.37.